The molecule has 1 saturated carbocycles. The zero-order valence-corrected chi connectivity index (χ0v) is 11.5. The van der Waals surface area contributed by atoms with Gasteiger partial charge in [-0.15, -0.1) is 0 Å². The van der Waals surface area contributed by atoms with Gasteiger partial charge in [0.15, 0.2) is 0 Å². The van der Waals surface area contributed by atoms with Crippen molar-refractivity contribution in [1.29, 1.82) is 0 Å². The van der Waals surface area contributed by atoms with Crippen LogP contribution in [-0.4, -0.2) is 47.7 Å². The summed E-state index contributed by atoms with van der Waals surface area (Å²) in [6.07, 6.45) is 5.70. The number of hydrogen-bond donors (Lipinski definition) is 2. The number of carbonyl (C=O) groups excluding carboxylic acids is 1. The molecule has 0 aromatic rings. The van der Waals surface area contributed by atoms with E-state index < -0.39 is 5.60 Å². The van der Waals surface area contributed by atoms with E-state index in [4.69, 9.17) is 0 Å². The number of hydrogen-bond acceptors (Lipinski definition) is 3. The predicted molar refractivity (Wildman–Crippen MR) is 71.3 cm³/mol. The number of nitrogens with one attached hydrogen (secondary N) is 1. The Bertz CT molecular complexity index is 296. The molecule has 2 rings (SSSR count). The van der Waals surface area contributed by atoms with Gasteiger partial charge >= 0.3 is 0 Å². The highest BCUT2D eigenvalue weighted by Gasteiger charge is 2.43. The van der Waals surface area contributed by atoms with E-state index in [-0.39, 0.29) is 5.91 Å². The Hall–Kier alpha value is -0.610. The number of carbonyl (C=O) groups is 1. The van der Waals surface area contributed by atoms with E-state index in [0.29, 0.717) is 12.3 Å². The minimum Gasteiger partial charge on any atom is -0.389 e. The summed E-state index contributed by atoms with van der Waals surface area (Å²) < 4.78 is 0. The van der Waals surface area contributed by atoms with E-state index in [1.54, 1.807) is 0 Å². The molecule has 1 heterocycles. The Morgan fingerprint density at radius 1 is 1.44 bits per heavy atom. The summed E-state index contributed by atoms with van der Waals surface area (Å²) in [7, 11) is 0. The van der Waals surface area contributed by atoms with E-state index in [9.17, 15) is 9.90 Å². The van der Waals surface area contributed by atoms with Crippen LogP contribution in [0.3, 0.4) is 0 Å². The van der Waals surface area contributed by atoms with Crippen LogP contribution < -0.4 is 5.32 Å². The maximum atomic E-state index is 12.1. The fraction of sp³-hybridized carbons (Fsp3) is 0.929. The van der Waals surface area contributed by atoms with Gasteiger partial charge in [0.1, 0.15) is 0 Å². The fourth-order valence-electron chi connectivity index (χ4n) is 3.33. The van der Waals surface area contributed by atoms with Gasteiger partial charge in [-0.2, -0.15) is 0 Å². The molecule has 2 atom stereocenters. The lowest BCUT2D eigenvalue weighted by atomic mass is 9.71. The van der Waals surface area contributed by atoms with E-state index >= 15 is 0 Å². The summed E-state index contributed by atoms with van der Waals surface area (Å²) in [5.74, 6) is 0.548. The lowest BCUT2D eigenvalue weighted by Gasteiger charge is -2.47. The van der Waals surface area contributed by atoms with Gasteiger partial charge < -0.3 is 15.3 Å². The lowest BCUT2D eigenvalue weighted by Crippen LogP contribution is -2.54. The first-order chi connectivity index (χ1) is 8.65. The van der Waals surface area contributed by atoms with Gasteiger partial charge in [-0.05, 0) is 25.8 Å². The Kier molecular flexibility index (Phi) is 4.62. The number of amides is 1. The molecule has 0 bridgehead atoms. The molecule has 0 aromatic carbocycles. The summed E-state index contributed by atoms with van der Waals surface area (Å²) >= 11 is 0. The van der Waals surface area contributed by atoms with Crippen LogP contribution in [0.1, 0.15) is 45.4 Å². The number of aliphatic hydroxyl groups is 1. The monoisotopic (exact) mass is 254 g/mol. The van der Waals surface area contributed by atoms with Gasteiger partial charge in [-0.1, -0.05) is 19.8 Å². The van der Waals surface area contributed by atoms with Crippen molar-refractivity contribution in [2.75, 3.05) is 26.2 Å². The fourth-order valence-corrected chi connectivity index (χ4v) is 3.33. The number of likely N-dealkylation sites (tertiary alicyclic amines) is 1. The van der Waals surface area contributed by atoms with Crippen LogP contribution in [0.5, 0.6) is 0 Å². The summed E-state index contributed by atoms with van der Waals surface area (Å²) in [4.78, 5) is 14.0. The van der Waals surface area contributed by atoms with Crippen molar-refractivity contribution in [2.45, 2.75) is 51.0 Å². The minimum absolute atomic E-state index is 0.239. The minimum atomic E-state index is -0.475. The van der Waals surface area contributed by atoms with Crippen LogP contribution in [0.25, 0.3) is 0 Å². The van der Waals surface area contributed by atoms with Crippen LogP contribution >= 0.6 is 0 Å². The lowest BCUT2D eigenvalue weighted by molar-refractivity contribution is -0.143. The molecule has 2 N–H and O–H groups in total. The molecule has 2 aliphatic rings. The number of fused-ring (bicyclic) bond motifs is 1. The molecule has 0 spiro atoms. The first kappa shape index (κ1) is 13.8. The zero-order chi connectivity index (χ0) is 13.0. The third-order valence-corrected chi connectivity index (χ3v) is 4.55. The maximum Gasteiger partial charge on any atom is 0.223 e. The Morgan fingerprint density at radius 3 is 3.06 bits per heavy atom. The Balaban J connectivity index is 1.84. The van der Waals surface area contributed by atoms with Crippen LogP contribution in [0, 0.1) is 5.92 Å². The van der Waals surface area contributed by atoms with E-state index in [2.05, 4.69) is 5.32 Å². The molecule has 1 aliphatic heterocycles. The number of nitrogens with zero attached hydrogens (tertiary/aromatic N) is 1. The second-order valence-electron chi connectivity index (χ2n) is 5.74. The van der Waals surface area contributed by atoms with Gasteiger partial charge in [-0.3, -0.25) is 4.79 Å². The number of rotatable bonds is 4. The van der Waals surface area contributed by atoms with Gasteiger partial charge in [-0.25, -0.2) is 0 Å². The topological polar surface area (TPSA) is 52.6 Å². The van der Waals surface area contributed by atoms with E-state index in [1.807, 2.05) is 11.8 Å². The third-order valence-electron chi connectivity index (χ3n) is 4.55. The first-order valence-electron chi connectivity index (χ1n) is 7.36. The standard InChI is InChI=1S/C14H26N2O2/c1-2-15-9-6-13(17)16-10-8-14(18)7-4-3-5-12(14)11-16/h12,15,18H,2-11H2,1H3. The molecule has 1 saturated heterocycles. The largest absolute Gasteiger partial charge is 0.389 e. The number of piperidine rings is 1. The molecule has 1 aliphatic carbocycles. The summed E-state index contributed by atoms with van der Waals surface area (Å²) in [5, 5.41) is 13.7. The molecule has 4 nitrogen and oxygen atoms in total. The highest BCUT2D eigenvalue weighted by atomic mass is 16.3. The molecule has 18 heavy (non-hydrogen) atoms. The highest BCUT2D eigenvalue weighted by Crippen LogP contribution is 2.39. The molecular weight excluding hydrogens is 228 g/mol. The Morgan fingerprint density at radius 2 is 2.28 bits per heavy atom. The van der Waals surface area contributed by atoms with Crippen molar-refractivity contribution in [3.05, 3.63) is 0 Å². The molecule has 104 valence electrons. The maximum absolute atomic E-state index is 12.1. The van der Waals surface area contributed by atoms with Crippen LogP contribution in [0.15, 0.2) is 0 Å². The third kappa shape index (κ3) is 3.04. The summed E-state index contributed by atoms with van der Waals surface area (Å²) in [6, 6.07) is 0. The first-order valence-corrected chi connectivity index (χ1v) is 7.36. The quantitative estimate of drug-likeness (QED) is 0.740. The van der Waals surface area contributed by atoms with Crippen molar-refractivity contribution >= 4 is 5.91 Å². The van der Waals surface area contributed by atoms with Gasteiger partial charge in [0, 0.05) is 32.0 Å². The smallest absolute Gasteiger partial charge is 0.223 e. The molecule has 2 fully saturated rings. The van der Waals surface area contributed by atoms with Gasteiger partial charge in [0.05, 0.1) is 5.60 Å². The van der Waals surface area contributed by atoms with Crippen LogP contribution in [0.2, 0.25) is 0 Å². The highest BCUT2D eigenvalue weighted by molar-refractivity contribution is 5.76. The predicted octanol–water partition coefficient (Wildman–Crippen LogP) is 1.14. The van der Waals surface area contributed by atoms with Crippen molar-refractivity contribution in [1.82, 2.24) is 10.2 Å². The van der Waals surface area contributed by atoms with Crippen molar-refractivity contribution in [3.63, 3.8) is 0 Å². The van der Waals surface area contributed by atoms with Gasteiger partial charge in [0.2, 0.25) is 5.91 Å². The SMILES string of the molecule is CCNCCC(=O)N1CCC2(O)CCCCC2C1. The summed E-state index contributed by atoms with van der Waals surface area (Å²) in [6.45, 7) is 5.23. The van der Waals surface area contributed by atoms with Gasteiger partial charge in [0.25, 0.3) is 0 Å². The van der Waals surface area contributed by atoms with Crippen LogP contribution in [0.4, 0.5) is 0 Å². The van der Waals surface area contributed by atoms with E-state index in [0.717, 1.165) is 51.9 Å². The molecule has 1 amide bonds. The second kappa shape index (κ2) is 6.02. The van der Waals surface area contributed by atoms with Crippen molar-refractivity contribution in [2.24, 2.45) is 5.92 Å². The molecule has 0 aromatic heterocycles. The molecule has 0 radical (unpaired) electrons. The normalized spacial score (nSPS) is 32.1. The zero-order valence-electron chi connectivity index (χ0n) is 11.5. The Labute approximate surface area is 110 Å². The summed E-state index contributed by atoms with van der Waals surface area (Å²) in [5.41, 5.74) is -0.475. The van der Waals surface area contributed by atoms with Crippen molar-refractivity contribution in [3.8, 4) is 0 Å². The second-order valence-corrected chi connectivity index (χ2v) is 5.74. The van der Waals surface area contributed by atoms with Crippen molar-refractivity contribution < 1.29 is 9.90 Å². The average molecular weight is 254 g/mol. The molecular formula is C14H26N2O2. The van der Waals surface area contributed by atoms with E-state index in [1.165, 1.54) is 6.42 Å². The van der Waals surface area contributed by atoms with Crippen LogP contribution in [-0.2, 0) is 4.79 Å². The average Bonchev–Trinajstić information content (AvgIpc) is 2.37. The molecule has 4 heteroatoms. The molecule has 2 unspecified atom stereocenters.